The molecule has 0 aliphatic carbocycles. The van der Waals surface area contributed by atoms with Crippen LogP contribution in [0.1, 0.15) is 0 Å². The third-order valence-corrected chi connectivity index (χ3v) is 3.60. The van der Waals surface area contributed by atoms with Crippen LogP contribution in [0.2, 0.25) is 5.02 Å². The normalized spacial score (nSPS) is 11.1. The molecule has 0 saturated heterocycles. The molecule has 0 aliphatic heterocycles. The molecule has 0 atom stereocenters. The van der Waals surface area contributed by atoms with Gasteiger partial charge in [-0.2, -0.15) is 5.10 Å². The van der Waals surface area contributed by atoms with Gasteiger partial charge in [0.25, 0.3) is 0 Å². The minimum Gasteiger partial charge on any atom is -0.296 e. The van der Waals surface area contributed by atoms with Gasteiger partial charge in [-0.3, -0.25) is 14.5 Å². The van der Waals surface area contributed by atoms with Crippen LogP contribution in [0, 0.1) is 0 Å². The maximum absolute atomic E-state index is 6.35. The van der Waals surface area contributed by atoms with Gasteiger partial charge in [-0.25, -0.2) is 4.98 Å². The van der Waals surface area contributed by atoms with Crippen molar-refractivity contribution in [3.63, 3.8) is 0 Å². The molecule has 0 aliphatic rings. The van der Waals surface area contributed by atoms with Crippen LogP contribution in [0.4, 0.5) is 0 Å². The fourth-order valence-electron chi connectivity index (χ4n) is 2.32. The molecular weight excluding hydrogens is 286 g/mol. The quantitative estimate of drug-likeness (QED) is 0.616. The Morgan fingerprint density at radius 1 is 1.10 bits per heavy atom. The van der Waals surface area contributed by atoms with E-state index in [2.05, 4.69) is 20.2 Å². The van der Waals surface area contributed by atoms with Gasteiger partial charge in [0.2, 0.25) is 0 Å². The van der Waals surface area contributed by atoms with E-state index in [1.54, 1.807) is 18.6 Å². The lowest BCUT2D eigenvalue weighted by atomic mass is 10.1. The van der Waals surface area contributed by atoms with Crippen LogP contribution in [0.25, 0.3) is 28.2 Å². The van der Waals surface area contributed by atoms with Crippen molar-refractivity contribution in [2.75, 3.05) is 0 Å². The van der Waals surface area contributed by atoms with Crippen LogP contribution >= 0.6 is 11.6 Å². The molecule has 0 radical (unpaired) electrons. The Morgan fingerprint density at radius 3 is 2.81 bits per heavy atom. The highest BCUT2D eigenvalue weighted by Crippen LogP contribution is 2.28. The smallest absolute Gasteiger partial charge is 0.156 e. The number of aromatic nitrogens is 5. The molecule has 0 fully saturated rings. The molecule has 0 amide bonds. The molecule has 4 aromatic rings. The standard InChI is InChI=1S/C15H10ClN5/c16-12-5-10(11-6-19-20-7-11)9-21-14(8-18-15(12)21)13-3-1-2-4-17-13/h1-9H,(H,19,20). The second-order valence-corrected chi connectivity index (χ2v) is 5.02. The number of pyridine rings is 2. The number of aromatic amines is 1. The van der Waals surface area contributed by atoms with Gasteiger partial charge in [-0.05, 0) is 18.2 Å². The molecule has 1 N–H and O–H groups in total. The highest BCUT2D eigenvalue weighted by Gasteiger charge is 2.12. The molecule has 0 saturated carbocycles. The van der Waals surface area contributed by atoms with E-state index >= 15 is 0 Å². The van der Waals surface area contributed by atoms with Gasteiger partial charge in [-0.15, -0.1) is 0 Å². The second kappa shape index (κ2) is 4.71. The van der Waals surface area contributed by atoms with E-state index in [1.807, 2.05) is 41.1 Å². The molecule has 5 nitrogen and oxygen atoms in total. The number of H-pyrrole nitrogens is 1. The summed E-state index contributed by atoms with van der Waals surface area (Å²) < 4.78 is 1.95. The Hall–Kier alpha value is -2.66. The Labute approximate surface area is 125 Å². The molecule has 102 valence electrons. The summed E-state index contributed by atoms with van der Waals surface area (Å²) >= 11 is 6.35. The molecule has 0 bridgehead atoms. The van der Waals surface area contributed by atoms with Gasteiger partial charge in [0, 0.05) is 29.7 Å². The van der Waals surface area contributed by atoms with Gasteiger partial charge in [0.15, 0.2) is 5.65 Å². The predicted molar refractivity (Wildman–Crippen MR) is 81.0 cm³/mol. The summed E-state index contributed by atoms with van der Waals surface area (Å²) in [5.41, 5.74) is 4.41. The van der Waals surface area contributed by atoms with Crippen LogP contribution in [-0.4, -0.2) is 24.6 Å². The first kappa shape index (κ1) is 12.1. The Morgan fingerprint density at radius 2 is 2.05 bits per heavy atom. The van der Waals surface area contributed by atoms with E-state index in [1.165, 1.54) is 0 Å². The molecule has 4 heterocycles. The fraction of sp³-hybridized carbons (Fsp3) is 0. The zero-order valence-corrected chi connectivity index (χ0v) is 11.6. The minimum atomic E-state index is 0.593. The molecule has 4 aromatic heterocycles. The summed E-state index contributed by atoms with van der Waals surface area (Å²) in [6.07, 6.45) is 9.12. The summed E-state index contributed by atoms with van der Waals surface area (Å²) in [5, 5.41) is 7.37. The van der Waals surface area contributed by atoms with Crippen LogP contribution in [0.5, 0.6) is 0 Å². The molecule has 0 spiro atoms. The van der Waals surface area contributed by atoms with E-state index in [4.69, 9.17) is 11.6 Å². The number of hydrogen-bond donors (Lipinski definition) is 1. The fourth-order valence-corrected chi connectivity index (χ4v) is 2.57. The van der Waals surface area contributed by atoms with E-state index in [9.17, 15) is 0 Å². The molecule has 6 heteroatoms. The summed E-state index contributed by atoms with van der Waals surface area (Å²) in [6, 6.07) is 7.67. The third-order valence-electron chi connectivity index (χ3n) is 3.32. The lowest BCUT2D eigenvalue weighted by Gasteiger charge is -2.05. The van der Waals surface area contributed by atoms with Gasteiger partial charge in [0.05, 0.1) is 28.8 Å². The highest BCUT2D eigenvalue weighted by molar-refractivity contribution is 6.33. The van der Waals surface area contributed by atoms with E-state index in [-0.39, 0.29) is 0 Å². The van der Waals surface area contributed by atoms with Gasteiger partial charge >= 0.3 is 0 Å². The van der Waals surface area contributed by atoms with Gasteiger partial charge in [0.1, 0.15) is 0 Å². The number of nitrogens with zero attached hydrogens (tertiary/aromatic N) is 4. The zero-order chi connectivity index (χ0) is 14.2. The SMILES string of the molecule is Clc1cc(-c2cn[nH]c2)cn2c(-c3ccccn3)cnc12. The number of rotatable bonds is 2. The van der Waals surface area contributed by atoms with Crippen molar-refractivity contribution in [2.45, 2.75) is 0 Å². The topological polar surface area (TPSA) is 58.9 Å². The number of nitrogens with one attached hydrogen (secondary N) is 1. The average molecular weight is 296 g/mol. The second-order valence-electron chi connectivity index (χ2n) is 4.62. The van der Waals surface area contributed by atoms with Crippen LogP contribution < -0.4 is 0 Å². The van der Waals surface area contributed by atoms with Crippen LogP contribution in [-0.2, 0) is 0 Å². The lowest BCUT2D eigenvalue weighted by Crippen LogP contribution is -1.92. The maximum Gasteiger partial charge on any atom is 0.156 e. The van der Waals surface area contributed by atoms with Crippen LogP contribution in [0.3, 0.4) is 0 Å². The van der Waals surface area contributed by atoms with Crippen molar-refractivity contribution < 1.29 is 0 Å². The summed E-state index contributed by atoms with van der Waals surface area (Å²) in [7, 11) is 0. The van der Waals surface area contributed by atoms with Crippen LogP contribution in [0.15, 0.2) is 55.2 Å². The average Bonchev–Trinajstić information content (AvgIpc) is 3.18. The van der Waals surface area contributed by atoms with Crippen molar-refractivity contribution in [1.29, 1.82) is 0 Å². The largest absolute Gasteiger partial charge is 0.296 e. The Balaban J connectivity index is 1.98. The van der Waals surface area contributed by atoms with Gasteiger partial charge in [-0.1, -0.05) is 17.7 Å². The number of hydrogen-bond acceptors (Lipinski definition) is 3. The summed E-state index contributed by atoms with van der Waals surface area (Å²) in [4.78, 5) is 8.76. The molecule has 0 aromatic carbocycles. The third kappa shape index (κ3) is 1.98. The minimum absolute atomic E-state index is 0.593. The molecule has 4 rings (SSSR count). The summed E-state index contributed by atoms with van der Waals surface area (Å²) in [6.45, 7) is 0. The number of halogens is 1. The highest BCUT2D eigenvalue weighted by atomic mass is 35.5. The van der Waals surface area contributed by atoms with Crippen molar-refractivity contribution in [2.24, 2.45) is 0 Å². The first-order valence-corrected chi connectivity index (χ1v) is 6.78. The molecular formula is C15H10ClN5. The Kier molecular flexibility index (Phi) is 2.72. The first-order chi connectivity index (χ1) is 10.3. The lowest BCUT2D eigenvalue weighted by molar-refractivity contribution is 1.09. The molecule has 0 unspecified atom stereocenters. The number of imidazole rings is 1. The van der Waals surface area contributed by atoms with E-state index in [0.717, 1.165) is 22.5 Å². The van der Waals surface area contributed by atoms with E-state index in [0.29, 0.717) is 10.7 Å². The maximum atomic E-state index is 6.35. The summed E-state index contributed by atoms with van der Waals surface area (Å²) in [5.74, 6) is 0. The van der Waals surface area contributed by atoms with Crippen molar-refractivity contribution >= 4 is 17.2 Å². The van der Waals surface area contributed by atoms with Crippen molar-refractivity contribution in [1.82, 2.24) is 24.6 Å². The Bertz CT molecular complexity index is 897. The zero-order valence-electron chi connectivity index (χ0n) is 10.9. The monoisotopic (exact) mass is 295 g/mol. The van der Waals surface area contributed by atoms with Gasteiger partial charge < -0.3 is 0 Å². The number of fused-ring (bicyclic) bond motifs is 1. The van der Waals surface area contributed by atoms with Crippen molar-refractivity contribution in [3.05, 3.63) is 60.3 Å². The molecule has 21 heavy (non-hydrogen) atoms. The van der Waals surface area contributed by atoms with Crippen molar-refractivity contribution in [3.8, 4) is 22.5 Å². The van der Waals surface area contributed by atoms with E-state index < -0.39 is 0 Å². The predicted octanol–water partition coefficient (Wildman–Crippen LogP) is 3.44. The first-order valence-electron chi connectivity index (χ1n) is 6.40.